The van der Waals surface area contributed by atoms with E-state index in [1.54, 1.807) is 6.07 Å². The maximum Gasteiger partial charge on any atom is 0.135 e. The number of morpholine rings is 1. The van der Waals surface area contributed by atoms with Gasteiger partial charge >= 0.3 is 0 Å². The molecule has 0 amide bonds. The van der Waals surface area contributed by atoms with Crippen molar-refractivity contribution in [3.05, 3.63) is 77.3 Å². The summed E-state index contributed by atoms with van der Waals surface area (Å²) >= 11 is 1.50. The van der Waals surface area contributed by atoms with E-state index in [4.69, 9.17) is 4.74 Å². The Morgan fingerprint density at radius 3 is 2.60 bits per heavy atom. The third kappa shape index (κ3) is 3.90. The lowest BCUT2D eigenvalue weighted by Crippen LogP contribution is -2.36. The second-order valence-corrected chi connectivity index (χ2v) is 9.39. The molecule has 1 fully saturated rings. The van der Waals surface area contributed by atoms with Gasteiger partial charge in [-0.15, -0.1) is 11.3 Å². The second kappa shape index (κ2) is 8.90. The van der Waals surface area contributed by atoms with E-state index in [0.29, 0.717) is 41.1 Å². The van der Waals surface area contributed by atoms with E-state index in [1.165, 1.54) is 24.0 Å². The van der Waals surface area contributed by atoms with Gasteiger partial charge in [0.25, 0.3) is 0 Å². The summed E-state index contributed by atoms with van der Waals surface area (Å²) in [5.74, 6) is -1.69. The van der Waals surface area contributed by atoms with Gasteiger partial charge in [-0.2, -0.15) is 0 Å². The molecule has 6 nitrogen and oxygen atoms in total. The smallest absolute Gasteiger partial charge is 0.135 e. The molecule has 0 bridgehead atoms. The number of halogens is 2. The quantitative estimate of drug-likeness (QED) is 0.329. The number of nitrogens with zero attached hydrogens (tertiary/aromatic N) is 5. The number of thiophene rings is 1. The van der Waals surface area contributed by atoms with Crippen molar-refractivity contribution >= 4 is 38.1 Å². The Labute approximate surface area is 204 Å². The zero-order valence-corrected chi connectivity index (χ0v) is 19.7. The summed E-state index contributed by atoms with van der Waals surface area (Å²) in [7, 11) is 0. The number of hydrogen-bond acceptors (Lipinski definition) is 7. The Bertz CT molecular complexity index is 1550. The molecule has 0 aliphatic carbocycles. The number of anilines is 1. The van der Waals surface area contributed by atoms with E-state index in [1.807, 2.05) is 36.6 Å². The number of fused-ring (bicyclic) bond motifs is 2. The predicted molar refractivity (Wildman–Crippen MR) is 133 cm³/mol. The van der Waals surface area contributed by atoms with Crippen LogP contribution in [0.3, 0.4) is 0 Å². The Morgan fingerprint density at radius 2 is 1.74 bits per heavy atom. The third-order valence-corrected chi connectivity index (χ3v) is 7.33. The van der Waals surface area contributed by atoms with Crippen molar-refractivity contribution in [3.8, 4) is 11.3 Å². The molecule has 9 heteroatoms. The number of rotatable bonds is 4. The number of aromatic nitrogens is 4. The van der Waals surface area contributed by atoms with Crippen LogP contribution in [-0.2, 0) is 4.74 Å². The van der Waals surface area contributed by atoms with Crippen molar-refractivity contribution in [3.63, 3.8) is 0 Å². The highest BCUT2D eigenvalue weighted by atomic mass is 32.1. The standard InChI is InChI=1S/C26H21F2N5OS/c1-15(24-18-4-9-35-26(18)32-14-30-24)19-11-20(22(28)12-21(19)27)25-17-3-2-16(10-23(17)29-13-31-25)33-5-7-34-8-6-33/h2-4,9-15H,5-8H2,1H3. The Kier molecular flexibility index (Phi) is 5.58. The second-order valence-electron chi connectivity index (χ2n) is 8.50. The highest BCUT2D eigenvalue weighted by molar-refractivity contribution is 7.16. The number of benzene rings is 2. The summed E-state index contributed by atoms with van der Waals surface area (Å²) in [5, 5.41) is 3.51. The van der Waals surface area contributed by atoms with Gasteiger partial charge < -0.3 is 9.64 Å². The van der Waals surface area contributed by atoms with Gasteiger partial charge in [-0.3, -0.25) is 0 Å². The van der Waals surface area contributed by atoms with Crippen LogP contribution in [-0.4, -0.2) is 46.2 Å². The first-order chi connectivity index (χ1) is 17.1. The Morgan fingerprint density at radius 1 is 0.914 bits per heavy atom. The molecule has 1 aliphatic rings. The normalized spacial score (nSPS) is 15.1. The Balaban J connectivity index is 1.45. The van der Waals surface area contributed by atoms with E-state index in [9.17, 15) is 0 Å². The van der Waals surface area contributed by atoms with Gasteiger partial charge in [0.15, 0.2) is 0 Å². The molecule has 35 heavy (non-hydrogen) atoms. The van der Waals surface area contributed by atoms with E-state index < -0.39 is 17.6 Å². The van der Waals surface area contributed by atoms with Crippen LogP contribution in [0.4, 0.5) is 14.5 Å². The van der Waals surface area contributed by atoms with Crippen LogP contribution < -0.4 is 4.90 Å². The first-order valence-electron chi connectivity index (χ1n) is 11.3. The van der Waals surface area contributed by atoms with Gasteiger partial charge in [0, 0.05) is 47.1 Å². The van der Waals surface area contributed by atoms with Gasteiger partial charge in [-0.1, -0.05) is 6.92 Å². The largest absolute Gasteiger partial charge is 0.378 e. The predicted octanol–water partition coefficient (Wildman–Crippen LogP) is 5.57. The molecule has 0 N–H and O–H groups in total. The summed E-state index contributed by atoms with van der Waals surface area (Å²) in [4.78, 5) is 20.6. The van der Waals surface area contributed by atoms with Crippen molar-refractivity contribution in [1.82, 2.24) is 19.9 Å². The zero-order valence-electron chi connectivity index (χ0n) is 18.9. The highest BCUT2D eigenvalue weighted by Gasteiger charge is 2.22. The fourth-order valence-corrected chi connectivity index (χ4v) is 5.40. The molecule has 6 rings (SSSR count). The minimum absolute atomic E-state index is 0.232. The summed E-state index contributed by atoms with van der Waals surface area (Å²) in [6.07, 6.45) is 2.91. The number of ether oxygens (including phenoxy) is 1. The SMILES string of the molecule is CC(c1cc(-c2ncnc3cc(N4CCOCC4)ccc23)c(F)cc1F)c1ncnc2sccc12. The average molecular weight is 490 g/mol. The summed E-state index contributed by atoms with van der Waals surface area (Å²) in [6.45, 7) is 4.83. The topological polar surface area (TPSA) is 64.0 Å². The highest BCUT2D eigenvalue weighted by Crippen LogP contribution is 2.36. The fourth-order valence-electron chi connectivity index (χ4n) is 4.66. The molecule has 0 radical (unpaired) electrons. The average Bonchev–Trinajstić information content (AvgIpc) is 3.38. The van der Waals surface area contributed by atoms with Crippen molar-refractivity contribution in [2.75, 3.05) is 31.2 Å². The molecule has 0 spiro atoms. The number of hydrogen-bond donors (Lipinski definition) is 0. The summed E-state index contributed by atoms with van der Waals surface area (Å²) < 4.78 is 35.6. The maximum atomic E-state index is 15.1. The molecule has 4 heterocycles. The van der Waals surface area contributed by atoms with Gasteiger partial charge in [-0.25, -0.2) is 28.7 Å². The lowest BCUT2D eigenvalue weighted by molar-refractivity contribution is 0.122. The van der Waals surface area contributed by atoms with Crippen LogP contribution in [0.25, 0.3) is 32.4 Å². The van der Waals surface area contributed by atoms with Crippen LogP contribution in [0.15, 0.2) is 54.4 Å². The van der Waals surface area contributed by atoms with Crippen LogP contribution in [0.2, 0.25) is 0 Å². The molecular weight excluding hydrogens is 468 g/mol. The molecule has 5 aromatic rings. The summed E-state index contributed by atoms with van der Waals surface area (Å²) in [5.41, 5.74) is 3.45. The third-order valence-electron chi connectivity index (χ3n) is 6.51. The Hall–Kier alpha value is -3.56. The first-order valence-corrected chi connectivity index (χ1v) is 12.2. The first kappa shape index (κ1) is 21.9. The minimum Gasteiger partial charge on any atom is -0.378 e. The van der Waals surface area contributed by atoms with E-state index in [0.717, 1.165) is 35.1 Å². The molecule has 1 unspecified atom stereocenters. The van der Waals surface area contributed by atoms with Crippen molar-refractivity contribution < 1.29 is 13.5 Å². The van der Waals surface area contributed by atoms with Gasteiger partial charge in [0.05, 0.1) is 30.1 Å². The maximum absolute atomic E-state index is 15.1. The van der Waals surface area contributed by atoms with Crippen LogP contribution >= 0.6 is 11.3 Å². The van der Waals surface area contributed by atoms with Crippen LogP contribution in [0, 0.1) is 11.6 Å². The molecular formula is C26H21F2N5OS. The fraction of sp³-hybridized carbons (Fsp3) is 0.231. The molecule has 1 aliphatic heterocycles. The summed E-state index contributed by atoms with van der Waals surface area (Å²) in [6, 6.07) is 10.3. The molecule has 0 saturated carbocycles. The van der Waals surface area contributed by atoms with Crippen molar-refractivity contribution in [2.45, 2.75) is 12.8 Å². The zero-order chi connectivity index (χ0) is 23.9. The van der Waals surface area contributed by atoms with Crippen LogP contribution in [0.1, 0.15) is 24.1 Å². The van der Waals surface area contributed by atoms with E-state index in [-0.39, 0.29) is 5.56 Å². The molecule has 2 aromatic carbocycles. The monoisotopic (exact) mass is 489 g/mol. The van der Waals surface area contributed by atoms with Gasteiger partial charge in [0.2, 0.25) is 0 Å². The van der Waals surface area contributed by atoms with Gasteiger partial charge in [-0.05, 0) is 41.3 Å². The van der Waals surface area contributed by atoms with E-state index in [2.05, 4.69) is 24.8 Å². The van der Waals surface area contributed by atoms with Crippen molar-refractivity contribution in [1.29, 1.82) is 0 Å². The lowest BCUT2D eigenvalue weighted by atomic mass is 9.92. The lowest BCUT2D eigenvalue weighted by Gasteiger charge is -2.29. The molecule has 1 saturated heterocycles. The minimum atomic E-state index is -0.668. The van der Waals surface area contributed by atoms with Crippen molar-refractivity contribution in [2.24, 2.45) is 0 Å². The molecule has 3 aromatic heterocycles. The van der Waals surface area contributed by atoms with E-state index >= 15 is 8.78 Å². The molecule has 176 valence electrons. The van der Waals surface area contributed by atoms with Gasteiger partial charge in [0.1, 0.15) is 29.1 Å². The van der Waals surface area contributed by atoms with Crippen LogP contribution in [0.5, 0.6) is 0 Å². The molecule has 1 atom stereocenters.